The van der Waals surface area contributed by atoms with Gasteiger partial charge in [0.05, 0.1) is 13.0 Å². The molecule has 0 unspecified atom stereocenters. The van der Waals surface area contributed by atoms with Gasteiger partial charge in [0.15, 0.2) is 0 Å². The number of carbonyl (C=O) groups is 4. The minimum absolute atomic E-state index is 0.0148. The van der Waals surface area contributed by atoms with Crippen LogP contribution in [0.4, 0.5) is 4.39 Å². The molecule has 154 valence electrons. The van der Waals surface area contributed by atoms with Crippen LogP contribution < -0.4 is 16.4 Å². The molecule has 0 spiro atoms. The Labute approximate surface area is 163 Å². The lowest BCUT2D eigenvalue weighted by molar-refractivity contribution is -0.145. The first-order valence-electron chi connectivity index (χ1n) is 8.90. The maximum Gasteiger partial charge on any atom is 0.306 e. The molecule has 9 heteroatoms. The number of amides is 3. The number of ether oxygens (including phenoxy) is 1. The average molecular weight is 395 g/mol. The van der Waals surface area contributed by atoms with E-state index < -0.39 is 47.5 Å². The summed E-state index contributed by atoms with van der Waals surface area (Å²) in [6.45, 7) is 4.66. The van der Waals surface area contributed by atoms with E-state index in [1.807, 2.05) is 0 Å². The summed E-state index contributed by atoms with van der Waals surface area (Å²) in [6, 6.07) is 3.42. The Kier molecular flexibility index (Phi) is 9.07. The molecule has 0 saturated heterocycles. The van der Waals surface area contributed by atoms with E-state index >= 15 is 0 Å². The number of nitrogens with two attached hydrogens (primary N) is 1. The molecule has 0 fully saturated rings. The third-order valence-electron chi connectivity index (χ3n) is 3.99. The van der Waals surface area contributed by atoms with Crippen LogP contribution in [0, 0.1) is 11.7 Å². The number of hydrogen-bond acceptors (Lipinski definition) is 5. The van der Waals surface area contributed by atoms with Gasteiger partial charge in [-0.1, -0.05) is 19.1 Å². The van der Waals surface area contributed by atoms with E-state index in [9.17, 15) is 23.6 Å². The monoisotopic (exact) mass is 395 g/mol. The number of primary amides is 1. The van der Waals surface area contributed by atoms with Crippen LogP contribution in [0.3, 0.4) is 0 Å². The first-order chi connectivity index (χ1) is 13.1. The molecule has 1 aromatic carbocycles. The maximum atomic E-state index is 13.4. The smallest absolute Gasteiger partial charge is 0.306 e. The van der Waals surface area contributed by atoms with Crippen molar-refractivity contribution in [1.82, 2.24) is 10.6 Å². The molecule has 8 nitrogen and oxygen atoms in total. The van der Waals surface area contributed by atoms with Crippen LogP contribution in [0.25, 0.3) is 0 Å². The van der Waals surface area contributed by atoms with Crippen molar-refractivity contribution in [3.05, 3.63) is 35.6 Å². The molecule has 28 heavy (non-hydrogen) atoms. The molecule has 0 bridgehead atoms. The van der Waals surface area contributed by atoms with Gasteiger partial charge in [-0.05, 0) is 30.5 Å². The molecule has 3 atom stereocenters. The molecule has 1 rings (SSSR count). The van der Waals surface area contributed by atoms with E-state index in [2.05, 4.69) is 10.6 Å². The summed E-state index contributed by atoms with van der Waals surface area (Å²) in [7, 11) is 0. The summed E-state index contributed by atoms with van der Waals surface area (Å²) in [5.74, 6) is -3.57. The fourth-order valence-electron chi connectivity index (χ4n) is 2.70. The Balaban J connectivity index is 2.91. The van der Waals surface area contributed by atoms with E-state index in [0.717, 1.165) is 0 Å². The minimum Gasteiger partial charge on any atom is -0.466 e. The van der Waals surface area contributed by atoms with Crippen molar-refractivity contribution in [1.29, 1.82) is 0 Å². The molecule has 3 amide bonds. The zero-order valence-corrected chi connectivity index (χ0v) is 16.2. The molecule has 0 aliphatic rings. The van der Waals surface area contributed by atoms with Crippen LogP contribution in [0.1, 0.15) is 32.8 Å². The first kappa shape index (κ1) is 23.1. The maximum absolute atomic E-state index is 13.4. The lowest BCUT2D eigenvalue weighted by atomic mass is 9.96. The lowest BCUT2D eigenvalue weighted by Gasteiger charge is -2.25. The second-order valence-corrected chi connectivity index (χ2v) is 6.46. The fourth-order valence-corrected chi connectivity index (χ4v) is 2.70. The molecule has 0 radical (unpaired) electrons. The Morgan fingerprint density at radius 1 is 1.21 bits per heavy atom. The average Bonchev–Trinajstić information content (AvgIpc) is 2.58. The predicted molar refractivity (Wildman–Crippen MR) is 99.2 cm³/mol. The first-order valence-corrected chi connectivity index (χ1v) is 8.90. The molecular weight excluding hydrogens is 369 g/mol. The van der Waals surface area contributed by atoms with Gasteiger partial charge >= 0.3 is 5.97 Å². The Morgan fingerprint density at radius 2 is 1.89 bits per heavy atom. The van der Waals surface area contributed by atoms with E-state index in [1.165, 1.54) is 25.1 Å². The van der Waals surface area contributed by atoms with E-state index in [0.29, 0.717) is 5.56 Å². The van der Waals surface area contributed by atoms with Gasteiger partial charge in [-0.25, -0.2) is 4.39 Å². The number of nitrogens with one attached hydrogen (secondary N) is 2. The zero-order valence-electron chi connectivity index (χ0n) is 16.2. The van der Waals surface area contributed by atoms with Gasteiger partial charge in [0, 0.05) is 13.3 Å². The van der Waals surface area contributed by atoms with Gasteiger partial charge in [-0.3, -0.25) is 19.2 Å². The largest absolute Gasteiger partial charge is 0.466 e. The van der Waals surface area contributed by atoms with Gasteiger partial charge in [-0.15, -0.1) is 0 Å². The highest BCUT2D eigenvalue weighted by molar-refractivity contribution is 5.91. The zero-order chi connectivity index (χ0) is 21.3. The highest BCUT2D eigenvalue weighted by Gasteiger charge is 2.30. The Hall–Kier alpha value is -2.97. The highest BCUT2D eigenvalue weighted by atomic mass is 19.1. The molecule has 0 saturated carbocycles. The van der Waals surface area contributed by atoms with Crippen molar-refractivity contribution in [2.75, 3.05) is 6.61 Å². The van der Waals surface area contributed by atoms with Crippen molar-refractivity contribution in [3.8, 4) is 0 Å². The van der Waals surface area contributed by atoms with E-state index in [4.69, 9.17) is 10.5 Å². The molecule has 0 aliphatic heterocycles. The van der Waals surface area contributed by atoms with Crippen LogP contribution in [-0.2, 0) is 30.3 Å². The van der Waals surface area contributed by atoms with Gasteiger partial charge in [0.2, 0.25) is 17.7 Å². The summed E-state index contributed by atoms with van der Waals surface area (Å²) in [6.07, 6.45) is -0.0999. The number of hydrogen-bond donors (Lipinski definition) is 3. The van der Waals surface area contributed by atoms with Gasteiger partial charge in [0.1, 0.15) is 17.9 Å². The van der Waals surface area contributed by atoms with Crippen molar-refractivity contribution < 1.29 is 28.3 Å². The second kappa shape index (κ2) is 11.0. The second-order valence-electron chi connectivity index (χ2n) is 6.46. The van der Waals surface area contributed by atoms with Crippen molar-refractivity contribution in [2.24, 2.45) is 11.7 Å². The molecule has 0 aromatic heterocycles. The van der Waals surface area contributed by atoms with E-state index in [-0.39, 0.29) is 19.4 Å². The SMILES string of the molecule is CCOC(=O)C[C@H](C)[C@H](NC(=O)[C@@H](Cc1cccc(F)c1)NC(C)=O)C(N)=O. The third-order valence-corrected chi connectivity index (χ3v) is 3.99. The predicted octanol–water partition coefficient (Wildman–Crippen LogP) is 0.432. The Morgan fingerprint density at radius 3 is 2.43 bits per heavy atom. The minimum atomic E-state index is -1.14. The summed E-state index contributed by atoms with van der Waals surface area (Å²) in [5, 5.41) is 4.95. The summed E-state index contributed by atoms with van der Waals surface area (Å²) < 4.78 is 18.2. The van der Waals surface area contributed by atoms with Crippen LogP contribution in [0.5, 0.6) is 0 Å². The van der Waals surface area contributed by atoms with E-state index in [1.54, 1.807) is 19.9 Å². The number of rotatable bonds is 10. The number of carbonyl (C=O) groups excluding carboxylic acids is 4. The quantitative estimate of drug-likeness (QED) is 0.495. The van der Waals surface area contributed by atoms with Gasteiger partial charge in [0.25, 0.3) is 0 Å². The van der Waals surface area contributed by atoms with Crippen LogP contribution in [0.2, 0.25) is 0 Å². The lowest BCUT2D eigenvalue weighted by Crippen LogP contribution is -2.55. The fraction of sp³-hybridized carbons (Fsp3) is 0.474. The number of halogens is 1. The van der Waals surface area contributed by atoms with Crippen LogP contribution in [0.15, 0.2) is 24.3 Å². The number of esters is 1. The standard InChI is InChI=1S/C19H26FN3O5/c1-4-28-16(25)8-11(2)17(18(21)26)23-19(27)15(22-12(3)24)10-13-6-5-7-14(20)9-13/h5-7,9,11,15,17H,4,8,10H2,1-3H3,(H2,21,26)(H,22,24)(H,23,27)/t11-,15+,17-/m0/s1. The van der Waals surface area contributed by atoms with Crippen molar-refractivity contribution >= 4 is 23.7 Å². The molecule has 0 aliphatic carbocycles. The topological polar surface area (TPSA) is 128 Å². The Bertz CT molecular complexity index is 725. The number of benzene rings is 1. The van der Waals surface area contributed by atoms with Crippen LogP contribution in [-0.4, -0.2) is 42.4 Å². The molecular formula is C19H26FN3O5. The van der Waals surface area contributed by atoms with Gasteiger partial charge < -0.3 is 21.1 Å². The summed E-state index contributed by atoms with van der Waals surface area (Å²) >= 11 is 0. The van der Waals surface area contributed by atoms with Gasteiger partial charge in [-0.2, -0.15) is 0 Å². The molecule has 4 N–H and O–H groups in total. The summed E-state index contributed by atoms with van der Waals surface area (Å²) in [4.78, 5) is 47.5. The highest BCUT2D eigenvalue weighted by Crippen LogP contribution is 2.12. The van der Waals surface area contributed by atoms with Crippen LogP contribution >= 0.6 is 0 Å². The van der Waals surface area contributed by atoms with Crippen molar-refractivity contribution in [3.63, 3.8) is 0 Å². The third kappa shape index (κ3) is 7.73. The molecule has 0 heterocycles. The van der Waals surface area contributed by atoms with Crippen molar-refractivity contribution in [2.45, 2.75) is 45.7 Å². The molecule has 1 aromatic rings. The normalized spacial score (nSPS) is 13.7. The summed E-state index contributed by atoms with van der Waals surface area (Å²) in [5.41, 5.74) is 5.86.